The van der Waals surface area contributed by atoms with Gasteiger partial charge in [-0.25, -0.2) is 17.2 Å². The Kier molecular flexibility index (Phi) is 8.17. The van der Waals surface area contributed by atoms with Gasteiger partial charge in [0.1, 0.15) is 12.4 Å². The number of benzene rings is 2. The Morgan fingerprint density at radius 3 is 2.24 bits per heavy atom. The van der Waals surface area contributed by atoms with E-state index in [1.54, 1.807) is 30.3 Å². The second-order valence-electron chi connectivity index (χ2n) is 12.6. The molecular weight excluding hydrogens is 604 g/mol. The number of anilines is 4. The Bertz CT molecular complexity index is 1720. The first-order valence-electron chi connectivity index (χ1n) is 15.4. The Balaban J connectivity index is 1.27. The molecule has 6 rings (SSSR count). The lowest BCUT2D eigenvalue weighted by atomic mass is 9.93. The van der Waals surface area contributed by atoms with Gasteiger partial charge in [-0.1, -0.05) is 0 Å². The maximum atomic E-state index is 14.0. The number of alkyl halides is 2. The molecule has 2 aliphatic heterocycles. The van der Waals surface area contributed by atoms with Crippen molar-refractivity contribution in [3.05, 3.63) is 48.2 Å². The van der Waals surface area contributed by atoms with Crippen LogP contribution >= 0.6 is 0 Å². The maximum Gasteiger partial charge on any atom is 0.302 e. The van der Waals surface area contributed by atoms with Crippen LogP contribution in [0.25, 0.3) is 10.9 Å². The number of piperidine rings is 2. The molecule has 3 aliphatic rings. The molecule has 2 aromatic carbocycles. The first-order chi connectivity index (χ1) is 21.3. The number of ether oxygens (including phenoxy) is 1. The van der Waals surface area contributed by atoms with E-state index in [1.807, 2.05) is 28.8 Å². The third-order valence-corrected chi connectivity index (χ3v) is 10.6. The first kappa shape index (κ1) is 31.1. The number of amides is 1. The summed E-state index contributed by atoms with van der Waals surface area (Å²) in [5, 5.41) is 3.89. The number of nitrogens with zero attached hydrogens (tertiary/aromatic N) is 3. The number of carbonyl (C=O) groups is 2. The Morgan fingerprint density at radius 1 is 0.911 bits per heavy atom. The third kappa shape index (κ3) is 7.03. The van der Waals surface area contributed by atoms with Crippen LogP contribution in [0.1, 0.15) is 55.8 Å². The molecule has 1 spiro atoms. The summed E-state index contributed by atoms with van der Waals surface area (Å²) in [7, 11) is -1.90. The molecule has 1 aliphatic carbocycles. The molecule has 0 unspecified atom stereocenters. The standard InChI is InChI=1S/C32H39F2N5O5S/c1-22(40)44-17-18-45(42,43)36-25-3-4-26(27(21-25)38-13-8-31(6-7-31)9-14-38)35-30(41)24-19-23-5-12-37(2)29(23)28(20-24)39-15-10-32(33,34)11-16-39/h3-5,12,19-21,36H,6-11,13-18H2,1-2H3,(H,35,41). The van der Waals surface area contributed by atoms with Gasteiger partial charge in [-0.2, -0.15) is 0 Å². The second kappa shape index (κ2) is 11.8. The van der Waals surface area contributed by atoms with Gasteiger partial charge < -0.3 is 24.4 Å². The molecule has 242 valence electrons. The zero-order valence-corrected chi connectivity index (χ0v) is 26.4. The van der Waals surface area contributed by atoms with E-state index in [9.17, 15) is 26.8 Å². The van der Waals surface area contributed by atoms with Gasteiger partial charge >= 0.3 is 5.97 Å². The third-order valence-electron chi connectivity index (χ3n) is 9.35. The fourth-order valence-electron chi connectivity index (χ4n) is 6.45. The summed E-state index contributed by atoms with van der Waals surface area (Å²) in [4.78, 5) is 29.0. The molecule has 2 N–H and O–H groups in total. The van der Waals surface area contributed by atoms with Crippen molar-refractivity contribution in [2.75, 3.05) is 58.4 Å². The minimum absolute atomic E-state index is 0.192. The number of rotatable bonds is 9. The minimum atomic E-state index is -3.79. The van der Waals surface area contributed by atoms with E-state index >= 15 is 0 Å². The van der Waals surface area contributed by atoms with Crippen molar-refractivity contribution in [3.8, 4) is 0 Å². The number of aromatic nitrogens is 1. The van der Waals surface area contributed by atoms with Crippen LogP contribution in [0.15, 0.2) is 42.6 Å². The summed E-state index contributed by atoms with van der Waals surface area (Å²) in [6.07, 6.45) is 5.92. The van der Waals surface area contributed by atoms with Gasteiger partial charge in [-0.05, 0) is 67.5 Å². The number of fused-ring (bicyclic) bond motifs is 1. The molecule has 1 aromatic heterocycles. The predicted octanol–water partition coefficient (Wildman–Crippen LogP) is 5.35. The molecule has 1 amide bonds. The highest BCUT2D eigenvalue weighted by Gasteiger charge is 2.44. The van der Waals surface area contributed by atoms with E-state index < -0.39 is 21.9 Å². The highest BCUT2D eigenvalue weighted by molar-refractivity contribution is 7.92. The summed E-state index contributed by atoms with van der Waals surface area (Å²) in [6, 6.07) is 10.5. The van der Waals surface area contributed by atoms with Gasteiger partial charge in [-0.3, -0.25) is 14.3 Å². The smallest absolute Gasteiger partial charge is 0.302 e. The van der Waals surface area contributed by atoms with Gasteiger partial charge in [0.2, 0.25) is 10.0 Å². The van der Waals surface area contributed by atoms with E-state index in [-0.39, 0.29) is 44.2 Å². The van der Waals surface area contributed by atoms with Crippen LogP contribution in [0, 0.1) is 5.41 Å². The van der Waals surface area contributed by atoms with Crippen molar-refractivity contribution in [1.82, 2.24) is 4.57 Å². The van der Waals surface area contributed by atoms with Crippen molar-refractivity contribution >= 4 is 55.6 Å². The van der Waals surface area contributed by atoms with Crippen molar-refractivity contribution in [3.63, 3.8) is 0 Å². The highest BCUT2D eigenvalue weighted by atomic mass is 32.2. The van der Waals surface area contributed by atoms with Crippen molar-refractivity contribution in [2.24, 2.45) is 12.5 Å². The molecule has 2 saturated heterocycles. The largest absolute Gasteiger partial charge is 0.465 e. The Labute approximate surface area is 261 Å². The average molecular weight is 644 g/mol. The molecule has 1 saturated carbocycles. The van der Waals surface area contributed by atoms with Gasteiger partial charge in [0.15, 0.2) is 0 Å². The molecule has 0 radical (unpaired) electrons. The zero-order valence-electron chi connectivity index (χ0n) is 25.6. The number of carbonyl (C=O) groups excluding carboxylic acids is 2. The number of sulfonamides is 1. The van der Waals surface area contributed by atoms with Crippen LogP contribution in [0.5, 0.6) is 0 Å². The molecule has 10 nitrogen and oxygen atoms in total. The number of hydrogen-bond acceptors (Lipinski definition) is 7. The van der Waals surface area contributed by atoms with E-state index in [2.05, 4.69) is 14.9 Å². The lowest BCUT2D eigenvalue weighted by Crippen LogP contribution is -2.39. The number of aryl methyl sites for hydroxylation is 1. The van der Waals surface area contributed by atoms with Gasteiger partial charge in [-0.15, -0.1) is 0 Å². The fraction of sp³-hybridized carbons (Fsp3) is 0.500. The molecule has 45 heavy (non-hydrogen) atoms. The second-order valence-corrected chi connectivity index (χ2v) is 14.5. The monoisotopic (exact) mass is 643 g/mol. The summed E-state index contributed by atoms with van der Waals surface area (Å²) < 4.78 is 62.6. The quantitative estimate of drug-likeness (QED) is 0.302. The summed E-state index contributed by atoms with van der Waals surface area (Å²) in [6.45, 7) is 2.91. The van der Waals surface area contributed by atoms with Crippen molar-refractivity contribution in [1.29, 1.82) is 0 Å². The molecule has 13 heteroatoms. The van der Waals surface area contributed by atoms with Gasteiger partial charge in [0.25, 0.3) is 11.8 Å². The normalized spacial score (nSPS) is 19.0. The number of nitrogens with one attached hydrogen (secondary N) is 2. The first-order valence-corrected chi connectivity index (χ1v) is 17.0. The van der Waals surface area contributed by atoms with Crippen molar-refractivity contribution in [2.45, 2.75) is 51.4 Å². The fourth-order valence-corrected chi connectivity index (χ4v) is 7.34. The Hall–Kier alpha value is -3.87. The number of hydrogen-bond donors (Lipinski definition) is 2. The van der Waals surface area contributed by atoms with E-state index in [0.29, 0.717) is 28.0 Å². The maximum absolute atomic E-state index is 14.0. The lowest BCUT2D eigenvalue weighted by molar-refractivity contribution is -0.140. The summed E-state index contributed by atoms with van der Waals surface area (Å²) >= 11 is 0. The van der Waals surface area contributed by atoms with E-state index in [4.69, 9.17) is 4.74 Å². The average Bonchev–Trinajstić information content (AvgIpc) is 3.63. The molecule has 0 atom stereocenters. The van der Waals surface area contributed by atoms with Crippen molar-refractivity contribution < 1.29 is 31.5 Å². The summed E-state index contributed by atoms with van der Waals surface area (Å²) in [5.74, 6) is -3.98. The van der Waals surface area contributed by atoms with Crippen LogP contribution in [0.2, 0.25) is 0 Å². The van der Waals surface area contributed by atoms with Crippen LogP contribution in [-0.2, 0) is 26.6 Å². The Morgan fingerprint density at radius 2 is 1.58 bits per heavy atom. The van der Waals surface area contributed by atoms with Crippen LogP contribution in [0.3, 0.4) is 0 Å². The van der Waals surface area contributed by atoms with Crippen LogP contribution in [-0.4, -0.2) is 69.3 Å². The number of esters is 1. The zero-order chi connectivity index (χ0) is 32.0. The van der Waals surface area contributed by atoms with Crippen LogP contribution < -0.4 is 19.8 Å². The topological polar surface area (TPSA) is 113 Å². The molecule has 3 heterocycles. The number of halogens is 2. The molecule has 3 aromatic rings. The minimum Gasteiger partial charge on any atom is -0.465 e. The van der Waals surface area contributed by atoms with E-state index in [1.165, 1.54) is 19.8 Å². The highest BCUT2D eigenvalue weighted by Crippen LogP contribution is 2.54. The predicted molar refractivity (Wildman–Crippen MR) is 171 cm³/mol. The van der Waals surface area contributed by atoms with E-state index in [0.717, 1.165) is 42.5 Å². The summed E-state index contributed by atoms with van der Waals surface area (Å²) in [5.41, 5.74) is 4.02. The SMILES string of the molecule is CC(=O)OCCS(=O)(=O)Nc1ccc(NC(=O)c2cc(N3CCC(F)(F)CC3)c3c(ccn3C)c2)c(N2CCC3(CC2)CC3)c1. The lowest BCUT2D eigenvalue weighted by Gasteiger charge is -2.35. The molecule has 0 bridgehead atoms. The van der Waals surface area contributed by atoms with Gasteiger partial charge in [0, 0.05) is 70.1 Å². The van der Waals surface area contributed by atoms with Gasteiger partial charge in [0.05, 0.1) is 28.3 Å². The molecule has 3 fully saturated rings. The van der Waals surface area contributed by atoms with Crippen LogP contribution in [0.4, 0.5) is 31.5 Å². The molecular formula is C32H39F2N5O5S.